The third-order valence-corrected chi connectivity index (χ3v) is 4.98. The Kier molecular flexibility index (Phi) is 7.92. The first-order chi connectivity index (χ1) is 9.90. The molecule has 118 valence electrons. The first kappa shape index (κ1) is 16.3. The Morgan fingerprint density at radius 1 is 0.950 bits per heavy atom. The second-order valence-electron chi connectivity index (χ2n) is 6.61. The van der Waals surface area contributed by atoms with Crippen molar-refractivity contribution >= 4 is 0 Å². The van der Waals surface area contributed by atoms with Gasteiger partial charge in [-0.25, -0.2) is 0 Å². The highest BCUT2D eigenvalue weighted by molar-refractivity contribution is 4.84. The van der Waals surface area contributed by atoms with E-state index in [1.165, 1.54) is 90.6 Å². The maximum Gasteiger partial charge on any atom is 0.0235 e. The molecule has 1 atom stereocenters. The fourth-order valence-electron chi connectivity index (χ4n) is 3.71. The molecule has 0 aromatic carbocycles. The summed E-state index contributed by atoms with van der Waals surface area (Å²) in [6.07, 6.45) is 11.3. The van der Waals surface area contributed by atoms with Crippen molar-refractivity contribution in [1.29, 1.82) is 0 Å². The summed E-state index contributed by atoms with van der Waals surface area (Å²) in [6, 6.07) is 0.879. The fourth-order valence-corrected chi connectivity index (χ4v) is 3.71. The Balaban J connectivity index is 1.48. The zero-order chi connectivity index (χ0) is 14.0. The van der Waals surface area contributed by atoms with Crippen LogP contribution in [0.15, 0.2) is 0 Å². The summed E-state index contributed by atoms with van der Waals surface area (Å²) in [5, 5.41) is 3.41. The van der Waals surface area contributed by atoms with Gasteiger partial charge in [-0.15, -0.1) is 0 Å². The molecule has 2 rings (SSSR count). The number of piperidine rings is 1. The topological polar surface area (TPSA) is 18.5 Å². The Labute approximate surface area is 126 Å². The van der Waals surface area contributed by atoms with Crippen LogP contribution in [0.3, 0.4) is 0 Å². The zero-order valence-corrected chi connectivity index (χ0v) is 13.6. The van der Waals surface area contributed by atoms with Gasteiger partial charge in [0.05, 0.1) is 0 Å². The van der Waals surface area contributed by atoms with E-state index in [-0.39, 0.29) is 0 Å². The van der Waals surface area contributed by atoms with Gasteiger partial charge in [-0.05, 0) is 71.4 Å². The Bertz CT molecular complexity index is 238. The number of nitrogens with zero attached hydrogens (tertiary/aromatic N) is 2. The Morgan fingerprint density at radius 3 is 2.55 bits per heavy atom. The molecular formula is C17H35N3. The number of hydrogen-bond acceptors (Lipinski definition) is 3. The number of nitrogens with one attached hydrogen (secondary N) is 1. The molecule has 0 radical (unpaired) electrons. The maximum absolute atomic E-state index is 3.41. The van der Waals surface area contributed by atoms with Crippen LogP contribution in [-0.2, 0) is 0 Å². The van der Waals surface area contributed by atoms with Gasteiger partial charge in [-0.2, -0.15) is 0 Å². The molecule has 0 bridgehead atoms. The van der Waals surface area contributed by atoms with Crippen molar-refractivity contribution in [2.45, 2.75) is 64.3 Å². The quantitative estimate of drug-likeness (QED) is 0.656. The predicted molar refractivity (Wildman–Crippen MR) is 87.3 cm³/mol. The lowest BCUT2D eigenvalue weighted by atomic mass is 10.1. The third-order valence-electron chi connectivity index (χ3n) is 4.98. The van der Waals surface area contributed by atoms with Gasteiger partial charge in [-0.1, -0.05) is 26.2 Å². The van der Waals surface area contributed by atoms with E-state index < -0.39 is 0 Å². The van der Waals surface area contributed by atoms with Gasteiger partial charge in [0.15, 0.2) is 0 Å². The van der Waals surface area contributed by atoms with Gasteiger partial charge < -0.3 is 10.2 Å². The average Bonchev–Trinajstić information content (AvgIpc) is 2.96. The van der Waals surface area contributed by atoms with Crippen molar-refractivity contribution in [3.05, 3.63) is 0 Å². The van der Waals surface area contributed by atoms with Crippen molar-refractivity contribution in [2.75, 3.05) is 45.8 Å². The summed E-state index contributed by atoms with van der Waals surface area (Å²) in [4.78, 5) is 5.48. The van der Waals surface area contributed by atoms with Crippen molar-refractivity contribution in [2.24, 2.45) is 0 Å². The van der Waals surface area contributed by atoms with Crippen LogP contribution in [0, 0.1) is 0 Å². The molecule has 3 heteroatoms. The monoisotopic (exact) mass is 281 g/mol. The lowest BCUT2D eigenvalue weighted by Gasteiger charge is -2.32. The highest BCUT2D eigenvalue weighted by atomic mass is 15.3. The molecule has 3 nitrogen and oxygen atoms in total. The van der Waals surface area contributed by atoms with E-state index in [0.29, 0.717) is 0 Å². The zero-order valence-electron chi connectivity index (χ0n) is 13.6. The first-order valence-electron chi connectivity index (χ1n) is 9.07. The van der Waals surface area contributed by atoms with Crippen LogP contribution in [0.5, 0.6) is 0 Å². The minimum Gasteiger partial charge on any atom is -0.317 e. The lowest BCUT2D eigenvalue weighted by Crippen LogP contribution is -2.40. The van der Waals surface area contributed by atoms with Gasteiger partial charge in [0, 0.05) is 12.6 Å². The smallest absolute Gasteiger partial charge is 0.0235 e. The van der Waals surface area contributed by atoms with Gasteiger partial charge in [0.2, 0.25) is 0 Å². The third kappa shape index (κ3) is 5.71. The molecule has 1 unspecified atom stereocenters. The average molecular weight is 281 g/mol. The van der Waals surface area contributed by atoms with Crippen molar-refractivity contribution in [3.63, 3.8) is 0 Å². The highest BCUT2D eigenvalue weighted by Gasteiger charge is 2.27. The summed E-state index contributed by atoms with van der Waals surface area (Å²) in [5.41, 5.74) is 0. The van der Waals surface area contributed by atoms with E-state index in [1.807, 2.05) is 0 Å². The van der Waals surface area contributed by atoms with Gasteiger partial charge in [0.25, 0.3) is 0 Å². The van der Waals surface area contributed by atoms with Crippen molar-refractivity contribution in [3.8, 4) is 0 Å². The summed E-state index contributed by atoms with van der Waals surface area (Å²) < 4.78 is 0. The molecule has 1 N–H and O–H groups in total. The molecule has 2 aliphatic heterocycles. The molecule has 2 saturated heterocycles. The van der Waals surface area contributed by atoms with Gasteiger partial charge in [-0.3, -0.25) is 4.90 Å². The molecule has 2 fully saturated rings. The number of hydrogen-bond donors (Lipinski definition) is 1. The normalized spacial score (nSPS) is 25.4. The molecule has 0 saturated carbocycles. The van der Waals surface area contributed by atoms with Crippen LogP contribution in [0.1, 0.15) is 58.3 Å². The van der Waals surface area contributed by atoms with Gasteiger partial charge in [0.1, 0.15) is 0 Å². The summed E-state index contributed by atoms with van der Waals surface area (Å²) in [6.45, 7) is 11.3. The molecule has 2 heterocycles. The minimum atomic E-state index is 0.879. The lowest BCUT2D eigenvalue weighted by molar-refractivity contribution is 0.162. The predicted octanol–water partition coefficient (Wildman–Crippen LogP) is 2.72. The van der Waals surface area contributed by atoms with Crippen molar-refractivity contribution in [1.82, 2.24) is 15.1 Å². The van der Waals surface area contributed by atoms with Crippen LogP contribution in [-0.4, -0.2) is 61.7 Å². The highest BCUT2D eigenvalue weighted by Crippen LogP contribution is 2.20. The first-order valence-corrected chi connectivity index (χ1v) is 9.07. The molecule has 20 heavy (non-hydrogen) atoms. The van der Waals surface area contributed by atoms with Crippen LogP contribution in [0.2, 0.25) is 0 Å². The summed E-state index contributed by atoms with van der Waals surface area (Å²) >= 11 is 0. The molecule has 0 spiro atoms. The standard InChI is InChI=1S/C17H35N3/c1-2-18-11-6-3-4-7-12-19-15-10-17(16-19)20-13-8-5-9-14-20/h17-18H,2-16H2,1H3. The summed E-state index contributed by atoms with van der Waals surface area (Å²) in [7, 11) is 0. The number of unbranched alkanes of at least 4 members (excludes halogenated alkanes) is 3. The molecule has 0 amide bonds. The minimum absolute atomic E-state index is 0.879. The van der Waals surface area contributed by atoms with Crippen LogP contribution < -0.4 is 5.32 Å². The van der Waals surface area contributed by atoms with Crippen LogP contribution in [0.25, 0.3) is 0 Å². The Hall–Kier alpha value is -0.120. The molecule has 0 aromatic heterocycles. The van der Waals surface area contributed by atoms with Crippen LogP contribution in [0.4, 0.5) is 0 Å². The number of likely N-dealkylation sites (tertiary alicyclic amines) is 2. The van der Waals surface area contributed by atoms with E-state index in [1.54, 1.807) is 0 Å². The van der Waals surface area contributed by atoms with E-state index in [2.05, 4.69) is 22.0 Å². The number of rotatable bonds is 9. The van der Waals surface area contributed by atoms with E-state index in [4.69, 9.17) is 0 Å². The van der Waals surface area contributed by atoms with E-state index >= 15 is 0 Å². The van der Waals surface area contributed by atoms with Gasteiger partial charge >= 0.3 is 0 Å². The SMILES string of the molecule is CCNCCCCCCN1CCC(N2CCCCC2)C1. The maximum atomic E-state index is 3.41. The van der Waals surface area contributed by atoms with E-state index in [9.17, 15) is 0 Å². The second kappa shape index (κ2) is 9.75. The molecule has 0 aromatic rings. The fraction of sp³-hybridized carbons (Fsp3) is 1.00. The molecule has 0 aliphatic carbocycles. The van der Waals surface area contributed by atoms with E-state index in [0.717, 1.165) is 12.6 Å². The second-order valence-corrected chi connectivity index (χ2v) is 6.61. The molecule has 2 aliphatic rings. The largest absolute Gasteiger partial charge is 0.317 e. The molecular weight excluding hydrogens is 246 g/mol. The summed E-state index contributed by atoms with van der Waals surface area (Å²) in [5.74, 6) is 0. The Morgan fingerprint density at radius 2 is 1.75 bits per heavy atom. The van der Waals surface area contributed by atoms with Crippen molar-refractivity contribution < 1.29 is 0 Å². The van der Waals surface area contributed by atoms with Crippen LogP contribution >= 0.6 is 0 Å².